The Labute approximate surface area is 170 Å². The number of fused-ring (bicyclic) bond motifs is 1. The molecule has 2 nitrogen and oxygen atoms in total. The molecule has 0 unspecified atom stereocenters. The summed E-state index contributed by atoms with van der Waals surface area (Å²) in [6.07, 6.45) is 10.9. The summed E-state index contributed by atoms with van der Waals surface area (Å²) < 4.78 is 11.9. The summed E-state index contributed by atoms with van der Waals surface area (Å²) in [7, 11) is 0. The van der Waals surface area contributed by atoms with E-state index >= 15 is 0 Å². The molecule has 0 aromatic heterocycles. The first-order valence-corrected chi connectivity index (χ1v) is 11.1. The highest BCUT2D eigenvalue weighted by molar-refractivity contribution is 6.17. The number of hydrogen-bond acceptors (Lipinski definition) is 2. The maximum Gasteiger partial charge on any atom is 0.122 e. The van der Waals surface area contributed by atoms with E-state index in [9.17, 15) is 0 Å². The van der Waals surface area contributed by atoms with Crippen LogP contribution in [0.3, 0.4) is 0 Å². The number of rotatable bonds is 14. The van der Waals surface area contributed by atoms with E-state index in [2.05, 4.69) is 44.2 Å². The second-order valence-corrected chi connectivity index (χ2v) is 7.66. The SMILES string of the molecule is CCCCCCCOc1ccc2c(C)c(OCCCCCCCl)ccc2c1. The van der Waals surface area contributed by atoms with Crippen LogP contribution in [0.1, 0.15) is 70.3 Å². The second-order valence-electron chi connectivity index (χ2n) is 7.29. The lowest BCUT2D eigenvalue weighted by molar-refractivity contribution is 0.303. The van der Waals surface area contributed by atoms with Crippen LogP contribution in [-0.2, 0) is 0 Å². The highest BCUT2D eigenvalue weighted by atomic mass is 35.5. The van der Waals surface area contributed by atoms with Crippen LogP contribution in [0.15, 0.2) is 30.3 Å². The molecule has 0 bridgehead atoms. The minimum atomic E-state index is 0.759. The fourth-order valence-corrected chi connectivity index (χ4v) is 3.51. The summed E-state index contributed by atoms with van der Waals surface area (Å²) in [6.45, 7) is 5.96. The Morgan fingerprint density at radius 2 is 1.48 bits per heavy atom. The molecule has 2 aromatic carbocycles. The summed E-state index contributed by atoms with van der Waals surface area (Å²) in [5.74, 6) is 2.71. The van der Waals surface area contributed by atoms with E-state index in [-0.39, 0.29) is 0 Å². The molecule has 3 heteroatoms. The summed E-state index contributed by atoms with van der Waals surface area (Å²) in [4.78, 5) is 0. The van der Waals surface area contributed by atoms with Crippen LogP contribution in [0.25, 0.3) is 10.8 Å². The predicted octanol–water partition coefficient (Wildman–Crippen LogP) is 7.68. The van der Waals surface area contributed by atoms with Gasteiger partial charge < -0.3 is 9.47 Å². The fraction of sp³-hybridized carbons (Fsp3) is 0.583. The van der Waals surface area contributed by atoms with Crippen LogP contribution in [-0.4, -0.2) is 19.1 Å². The Morgan fingerprint density at radius 1 is 0.778 bits per heavy atom. The van der Waals surface area contributed by atoms with Gasteiger partial charge in [0.15, 0.2) is 0 Å². The number of aryl methyl sites for hydroxylation is 1. The normalized spacial score (nSPS) is 11.1. The third-order valence-electron chi connectivity index (χ3n) is 5.01. The third kappa shape index (κ3) is 7.62. The second kappa shape index (κ2) is 12.9. The van der Waals surface area contributed by atoms with E-state index in [4.69, 9.17) is 21.1 Å². The molecule has 2 rings (SSSR count). The highest BCUT2D eigenvalue weighted by Gasteiger charge is 2.06. The molecule has 0 aliphatic rings. The zero-order chi connectivity index (χ0) is 19.3. The standard InChI is InChI=1S/C24H35ClO2/c1-3-4-5-7-10-17-26-22-13-14-23-20(2)24(15-12-21(23)19-22)27-18-11-8-6-9-16-25/h12-15,19H,3-11,16-18H2,1-2H3. The largest absolute Gasteiger partial charge is 0.494 e. The Kier molecular flexibility index (Phi) is 10.4. The first-order valence-electron chi connectivity index (χ1n) is 10.6. The zero-order valence-electron chi connectivity index (χ0n) is 17.1. The minimum Gasteiger partial charge on any atom is -0.494 e. The van der Waals surface area contributed by atoms with Gasteiger partial charge in [-0.2, -0.15) is 0 Å². The van der Waals surface area contributed by atoms with E-state index < -0.39 is 0 Å². The van der Waals surface area contributed by atoms with E-state index in [0.29, 0.717) is 0 Å². The Bertz CT molecular complexity index is 669. The van der Waals surface area contributed by atoms with Gasteiger partial charge in [0, 0.05) is 5.88 Å². The molecule has 0 amide bonds. The summed E-state index contributed by atoms with van der Waals surface area (Å²) in [5, 5.41) is 2.45. The predicted molar refractivity (Wildman–Crippen MR) is 118 cm³/mol. The van der Waals surface area contributed by atoms with Gasteiger partial charge in [0.2, 0.25) is 0 Å². The van der Waals surface area contributed by atoms with E-state index in [1.807, 2.05) is 0 Å². The molecule has 2 aromatic rings. The van der Waals surface area contributed by atoms with Crippen molar-refractivity contribution in [1.82, 2.24) is 0 Å². The van der Waals surface area contributed by atoms with Crippen molar-refractivity contribution in [3.8, 4) is 11.5 Å². The van der Waals surface area contributed by atoms with Crippen molar-refractivity contribution >= 4 is 22.4 Å². The van der Waals surface area contributed by atoms with Crippen LogP contribution in [0.4, 0.5) is 0 Å². The lowest BCUT2D eigenvalue weighted by atomic mass is 10.0. The average molecular weight is 391 g/mol. The molecular weight excluding hydrogens is 356 g/mol. The van der Waals surface area contributed by atoms with Crippen molar-refractivity contribution < 1.29 is 9.47 Å². The van der Waals surface area contributed by atoms with Crippen molar-refractivity contribution in [3.05, 3.63) is 35.9 Å². The van der Waals surface area contributed by atoms with Crippen molar-refractivity contribution in [1.29, 1.82) is 0 Å². The molecule has 0 N–H and O–H groups in total. The molecule has 0 radical (unpaired) electrons. The molecule has 0 heterocycles. The molecule has 0 spiro atoms. The average Bonchev–Trinajstić information content (AvgIpc) is 2.69. The topological polar surface area (TPSA) is 18.5 Å². The van der Waals surface area contributed by atoms with Gasteiger partial charge >= 0.3 is 0 Å². The molecule has 0 saturated heterocycles. The van der Waals surface area contributed by atoms with Gasteiger partial charge in [0.25, 0.3) is 0 Å². The lowest BCUT2D eigenvalue weighted by Crippen LogP contribution is -2.00. The number of alkyl halides is 1. The maximum absolute atomic E-state index is 6.00. The number of ether oxygens (including phenoxy) is 2. The van der Waals surface area contributed by atoms with Crippen LogP contribution in [0.2, 0.25) is 0 Å². The van der Waals surface area contributed by atoms with Crippen molar-refractivity contribution in [3.63, 3.8) is 0 Å². The van der Waals surface area contributed by atoms with Crippen molar-refractivity contribution in [2.45, 2.75) is 71.6 Å². The molecule has 0 saturated carbocycles. The van der Waals surface area contributed by atoms with Gasteiger partial charge in [-0.3, -0.25) is 0 Å². The molecule has 0 fully saturated rings. The van der Waals surface area contributed by atoms with Crippen molar-refractivity contribution in [2.24, 2.45) is 0 Å². The maximum atomic E-state index is 6.00. The van der Waals surface area contributed by atoms with Gasteiger partial charge in [-0.15, -0.1) is 11.6 Å². The van der Waals surface area contributed by atoms with Gasteiger partial charge in [0.05, 0.1) is 13.2 Å². The molecular formula is C24H35ClO2. The molecule has 150 valence electrons. The van der Waals surface area contributed by atoms with E-state index in [0.717, 1.165) is 49.9 Å². The number of halogens is 1. The van der Waals surface area contributed by atoms with Gasteiger partial charge in [-0.05, 0) is 60.7 Å². The van der Waals surface area contributed by atoms with Gasteiger partial charge in [-0.1, -0.05) is 57.6 Å². The van der Waals surface area contributed by atoms with E-state index in [1.54, 1.807) is 0 Å². The van der Waals surface area contributed by atoms with Crippen LogP contribution in [0, 0.1) is 6.92 Å². The smallest absolute Gasteiger partial charge is 0.122 e. The number of unbranched alkanes of at least 4 members (excludes halogenated alkanes) is 7. The molecule has 0 aliphatic carbocycles. The monoisotopic (exact) mass is 390 g/mol. The lowest BCUT2D eigenvalue weighted by Gasteiger charge is -2.13. The molecule has 0 atom stereocenters. The zero-order valence-corrected chi connectivity index (χ0v) is 17.8. The fourth-order valence-electron chi connectivity index (χ4n) is 3.32. The molecule has 27 heavy (non-hydrogen) atoms. The minimum absolute atomic E-state index is 0.759. The third-order valence-corrected chi connectivity index (χ3v) is 5.28. The van der Waals surface area contributed by atoms with E-state index in [1.165, 1.54) is 54.9 Å². The van der Waals surface area contributed by atoms with Crippen LogP contribution < -0.4 is 9.47 Å². The Hall–Kier alpha value is -1.41. The highest BCUT2D eigenvalue weighted by Crippen LogP contribution is 2.30. The summed E-state index contributed by atoms with van der Waals surface area (Å²) >= 11 is 5.71. The quantitative estimate of drug-likeness (QED) is 0.243. The first kappa shape index (κ1) is 21.9. The first-order chi connectivity index (χ1) is 13.3. The van der Waals surface area contributed by atoms with Crippen LogP contribution >= 0.6 is 11.6 Å². The number of hydrogen-bond donors (Lipinski definition) is 0. The number of benzene rings is 2. The van der Waals surface area contributed by atoms with Crippen molar-refractivity contribution in [2.75, 3.05) is 19.1 Å². The van der Waals surface area contributed by atoms with Crippen LogP contribution in [0.5, 0.6) is 11.5 Å². The van der Waals surface area contributed by atoms with Gasteiger partial charge in [0.1, 0.15) is 11.5 Å². The molecule has 0 aliphatic heterocycles. The Balaban J connectivity index is 1.84. The summed E-state index contributed by atoms with van der Waals surface area (Å²) in [5.41, 5.74) is 1.21. The van der Waals surface area contributed by atoms with Gasteiger partial charge in [-0.25, -0.2) is 0 Å². The summed E-state index contributed by atoms with van der Waals surface area (Å²) in [6, 6.07) is 10.6. The Morgan fingerprint density at radius 3 is 2.22 bits per heavy atom.